The average molecular weight is 288 g/mol. The highest BCUT2D eigenvalue weighted by Gasteiger charge is 2.35. The molecule has 0 bridgehead atoms. The highest BCUT2D eigenvalue weighted by Crippen LogP contribution is 2.37. The predicted molar refractivity (Wildman–Crippen MR) is 76.9 cm³/mol. The summed E-state index contributed by atoms with van der Waals surface area (Å²) >= 11 is 0. The lowest BCUT2D eigenvalue weighted by Gasteiger charge is -2.28. The molecule has 1 rings (SSSR count). The third-order valence-electron chi connectivity index (χ3n) is 3.11. The van der Waals surface area contributed by atoms with Crippen LogP contribution in [0.3, 0.4) is 0 Å². The van der Waals surface area contributed by atoms with E-state index in [1.54, 1.807) is 17.0 Å². The van der Waals surface area contributed by atoms with E-state index in [1.165, 1.54) is 6.07 Å². The van der Waals surface area contributed by atoms with E-state index >= 15 is 0 Å². The molecule has 0 aliphatic rings. The minimum Gasteiger partial charge on any atom is -0.371 e. The molecule has 0 spiro atoms. The second kappa shape index (κ2) is 6.97. The lowest BCUT2D eigenvalue weighted by atomic mass is 10.0. The number of halogens is 3. The lowest BCUT2D eigenvalue weighted by Crippen LogP contribution is -2.29. The Balaban J connectivity index is 3.23. The maximum Gasteiger partial charge on any atom is 0.418 e. The molecule has 2 nitrogen and oxygen atoms in total. The fourth-order valence-corrected chi connectivity index (χ4v) is 2.25. The molecule has 5 heteroatoms. The molecule has 20 heavy (non-hydrogen) atoms. The Morgan fingerprint density at radius 2 is 1.90 bits per heavy atom. The van der Waals surface area contributed by atoms with E-state index < -0.39 is 11.7 Å². The zero-order valence-corrected chi connectivity index (χ0v) is 12.3. The molecule has 114 valence electrons. The van der Waals surface area contributed by atoms with E-state index in [-0.39, 0.29) is 5.69 Å². The van der Waals surface area contributed by atoms with E-state index in [0.717, 1.165) is 0 Å². The molecule has 0 aromatic heterocycles. The molecule has 0 aliphatic carbocycles. The quantitative estimate of drug-likeness (QED) is 0.865. The zero-order chi connectivity index (χ0) is 15.3. The van der Waals surface area contributed by atoms with Gasteiger partial charge in [-0.2, -0.15) is 13.2 Å². The van der Waals surface area contributed by atoms with E-state index in [1.807, 2.05) is 20.8 Å². The molecule has 0 saturated heterocycles. The van der Waals surface area contributed by atoms with Crippen molar-refractivity contribution in [2.45, 2.75) is 33.4 Å². The van der Waals surface area contributed by atoms with Crippen molar-refractivity contribution in [2.24, 2.45) is 11.7 Å². The Kier molecular flexibility index (Phi) is 5.87. The number of anilines is 1. The summed E-state index contributed by atoms with van der Waals surface area (Å²) in [5.41, 5.74) is 5.74. The van der Waals surface area contributed by atoms with Gasteiger partial charge in [0.2, 0.25) is 0 Å². The normalized spacial score (nSPS) is 12.0. The van der Waals surface area contributed by atoms with Gasteiger partial charge in [-0.1, -0.05) is 19.9 Å². The fourth-order valence-electron chi connectivity index (χ4n) is 2.25. The van der Waals surface area contributed by atoms with Crippen LogP contribution in [0.25, 0.3) is 0 Å². The molecule has 0 heterocycles. The van der Waals surface area contributed by atoms with Crippen molar-refractivity contribution < 1.29 is 13.2 Å². The highest BCUT2D eigenvalue weighted by atomic mass is 19.4. The van der Waals surface area contributed by atoms with Gasteiger partial charge in [0.25, 0.3) is 0 Å². The summed E-state index contributed by atoms with van der Waals surface area (Å²) in [5.74, 6) is 0.305. The van der Waals surface area contributed by atoms with Gasteiger partial charge in [0.15, 0.2) is 0 Å². The van der Waals surface area contributed by atoms with Crippen LogP contribution in [0.2, 0.25) is 0 Å². The number of hydrogen-bond donors (Lipinski definition) is 1. The monoisotopic (exact) mass is 288 g/mol. The summed E-state index contributed by atoms with van der Waals surface area (Å²) in [7, 11) is 0. The molecule has 0 saturated carbocycles. The van der Waals surface area contributed by atoms with Crippen LogP contribution in [-0.4, -0.2) is 19.6 Å². The second-order valence-electron chi connectivity index (χ2n) is 5.32. The van der Waals surface area contributed by atoms with Gasteiger partial charge in [0, 0.05) is 18.8 Å². The van der Waals surface area contributed by atoms with Crippen molar-refractivity contribution in [1.82, 2.24) is 0 Å². The van der Waals surface area contributed by atoms with Crippen LogP contribution in [0.15, 0.2) is 18.2 Å². The predicted octanol–water partition coefficient (Wildman–Crippen LogP) is 3.69. The molecule has 2 N–H and O–H groups in total. The van der Waals surface area contributed by atoms with Gasteiger partial charge >= 0.3 is 6.18 Å². The van der Waals surface area contributed by atoms with Gasteiger partial charge in [0.1, 0.15) is 0 Å². The Morgan fingerprint density at radius 1 is 1.25 bits per heavy atom. The molecule has 0 radical (unpaired) electrons. The SMILES string of the molecule is CCN(CC(C)C)c1ccc(CCN)cc1C(F)(F)F. The standard InChI is InChI=1S/C15H23F3N2/c1-4-20(10-11(2)3)14-6-5-12(7-8-19)9-13(14)15(16,17)18/h5-6,9,11H,4,7-8,10,19H2,1-3H3. The minimum absolute atomic E-state index is 0.259. The number of nitrogens with two attached hydrogens (primary N) is 1. The van der Waals surface area contributed by atoms with E-state index in [9.17, 15) is 13.2 Å². The van der Waals surface area contributed by atoms with Crippen molar-refractivity contribution in [2.75, 3.05) is 24.5 Å². The third-order valence-corrected chi connectivity index (χ3v) is 3.11. The molecule has 0 amide bonds. The van der Waals surface area contributed by atoms with Crippen LogP contribution in [0.5, 0.6) is 0 Å². The summed E-state index contributed by atoms with van der Waals surface area (Å²) in [4.78, 5) is 1.78. The smallest absolute Gasteiger partial charge is 0.371 e. The molecule has 0 fully saturated rings. The Morgan fingerprint density at radius 3 is 2.35 bits per heavy atom. The third kappa shape index (κ3) is 4.40. The van der Waals surface area contributed by atoms with Crippen molar-refractivity contribution >= 4 is 5.69 Å². The van der Waals surface area contributed by atoms with Crippen LogP contribution >= 0.6 is 0 Å². The summed E-state index contributed by atoms with van der Waals surface area (Å²) in [6, 6.07) is 4.53. The van der Waals surface area contributed by atoms with Crippen molar-refractivity contribution in [3.05, 3.63) is 29.3 Å². The number of rotatable bonds is 6. The Hall–Kier alpha value is -1.23. The second-order valence-corrected chi connectivity index (χ2v) is 5.32. The average Bonchev–Trinajstić information content (AvgIpc) is 2.35. The number of alkyl halides is 3. The summed E-state index contributed by atoms with van der Waals surface area (Å²) in [6.07, 6.45) is -3.88. The van der Waals surface area contributed by atoms with Gasteiger partial charge in [0.05, 0.1) is 5.56 Å². The Labute approximate surface area is 118 Å². The van der Waals surface area contributed by atoms with Crippen LogP contribution in [-0.2, 0) is 12.6 Å². The molecule has 0 unspecified atom stereocenters. The first-order valence-corrected chi connectivity index (χ1v) is 6.94. The summed E-state index contributed by atoms with van der Waals surface area (Å²) in [6.45, 7) is 7.38. The lowest BCUT2D eigenvalue weighted by molar-refractivity contribution is -0.137. The first-order chi connectivity index (χ1) is 9.29. The maximum atomic E-state index is 13.2. The van der Waals surface area contributed by atoms with Crippen LogP contribution in [0.4, 0.5) is 18.9 Å². The van der Waals surface area contributed by atoms with Crippen LogP contribution in [0.1, 0.15) is 31.9 Å². The highest BCUT2D eigenvalue weighted by molar-refractivity contribution is 5.56. The summed E-state index contributed by atoms with van der Waals surface area (Å²) in [5, 5.41) is 0. The van der Waals surface area contributed by atoms with Crippen molar-refractivity contribution in [3.63, 3.8) is 0 Å². The van der Waals surface area contributed by atoms with Gasteiger partial charge in [-0.05, 0) is 43.5 Å². The zero-order valence-electron chi connectivity index (χ0n) is 12.3. The first kappa shape index (κ1) is 16.8. The van der Waals surface area contributed by atoms with Gasteiger partial charge < -0.3 is 10.6 Å². The maximum absolute atomic E-state index is 13.2. The number of hydrogen-bond acceptors (Lipinski definition) is 2. The molecular formula is C15H23F3N2. The van der Waals surface area contributed by atoms with Crippen LogP contribution < -0.4 is 10.6 Å². The first-order valence-electron chi connectivity index (χ1n) is 6.94. The van der Waals surface area contributed by atoms with E-state index in [4.69, 9.17) is 5.73 Å². The van der Waals surface area contributed by atoms with Crippen molar-refractivity contribution in [3.8, 4) is 0 Å². The molecular weight excluding hydrogens is 265 g/mol. The number of nitrogens with zero attached hydrogens (tertiary/aromatic N) is 1. The van der Waals surface area contributed by atoms with E-state index in [2.05, 4.69) is 0 Å². The molecule has 1 aromatic rings. The summed E-state index contributed by atoms with van der Waals surface area (Å²) < 4.78 is 39.7. The molecule has 1 aromatic carbocycles. The largest absolute Gasteiger partial charge is 0.418 e. The Bertz CT molecular complexity index is 428. The molecule has 0 aliphatic heterocycles. The van der Waals surface area contributed by atoms with Crippen molar-refractivity contribution in [1.29, 1.82) is 0 Å². The van der Waals surface area contributed by atoms with Gasteiger partial charge in [-0.25, -0.2) is 0 Å². The minimum atomic E-state index is -4.34. The molecule has 0 atom stereocenters. The fraction of sp³-hybridized carbons (Fsp3) is 0.600. The number of benzene rings is 1. The van der Waals surface area contributed by atoms with E-state index in [0.29, 0.717) is 37.5 Å². The topological polar surface area (TPSA) is 29.3 Å². The van der Waals surface area contributed by atoms with Crippen LogP contribution in [0, 0.1) is 5.92 Å². The van der Waals surface area contributed by atoms with Gasteiger partial charge in [-0.3, -0.25) is 0 Å². The van der Waals surface area contributed by atoms with Gasteiger partial charge in [-0.15, -0.1) is 0 Å².